The van der Waals surface area contributed by atoms with E-state index in [9.17, 15) is 4.79 Å². The summed E-state index contributed by atoms with van der Waals surface area (Å²) >= 11 is 0. The molecule has 7 heteroatoms. The average molecular weight is 427 g/mol. The van der Waals surface area contributed by atoms with E-state index in [-0.39, 0.29) is 17.7 Å². The standard InChI is InChI=1S/C25H21N3O4/c1-30-18-11-13-19(14-12-18)31-25-20(8-5-15-26-25)27-23(29)21-22(16-9-10-16)32-24(28-21)17-6-3-2-4-7-17/h2-8,11-16H,9-10H2,1H3,(H,27,29). The second-order valence-electron chi connectivity index (χ2n) is 7.46. The summed E-state index contributed by atoms with van der Waals surface area (Å²) in [5, 5.41) is 2.88. The smallest absolute Gasteiger partial charge is 0.278 e. The van der Waals surface area contributed by atoms with Gasteiger partial charge in [-0.1, -0.05) is 18.2 Å². The first-order valence-corrected chi connectivity index (χ1v) is 10.4. The number of nitrogens with zero attached hydrogens (tertiary/aromatic N) is 2. The van der Waals surface area contributed by atoms with Crippen molar-refractivity contribution in [2.75, 3.05) is 12.4 Å². The van der Waals surface area contributed by atoms with E-state index in [4.69, 9.17) is 13.9 Å². The molecule has 0 aliphatic heterocycles. The summed E-state index contributed by atoms with van der Waals surface area (Å²) in [5.74, 6) is 2.52. The van der Waals surface area contributed by atoms with Gasteiger partial charge in [0.2, 0.25) is 11.8 Å². The molecule has 1 saturated carbocycles. The lowest BCUT2D eigenvalue weighted by Gasteiger charge is -2.11. The van der Waals surface area contributed by atoms with Crippen molar-refractivity contribution in [2.24, 2.45) is 0 Å². The van der Waals surface area contributed by atoms with Crippen LogP contribution in [0.5, 0.6) is 17.4 Å². The lowest BCUT2D eigenvalue weighted by Crippen LogP contribution is -2.15. The summed E-state index contributed by atoms with van der Waals surface area (Å²) < 4.78 is 17.1. The Bertz CT molecular complexity index is 1230. The van der Waals surface area contributed by atoms with Crippen LogP contribution in [-0.2, 0) is 0 Å². The number of anilines is 1. The van der Waals surface area contributed by atoms with Gasteiger partial charge in [-0.05, 0) is 61.4 Å². The monoisotopic (exact) mass is 427 g/mol. The number of hydrogen-bond donors (Lipinski definition) is 1. The molecule has 1 aliphatic carbocycles. The Balaban J connectivity index is 1.40. The van der Waals surface area contributed by atoms with Crippen molar-refractivity contribution in [3.8, 4) is 28.8 Å². The second-order valence-corrected chi connectivity index (χ2v) is 7.46. The van der Waals surface area contributed by atoms with Crippen molar-refractivity contribution in [1.82, 2.24) is 9.97 Å². The quantitative estimate of drug-likeness (QED) is 0.409. The van der Waals surface area contributed by atoms with E-state index in [2.05, 4.69) is 15.3 Å². The van der Waals surface area contributed by atoms with Gasteiger partial charge in [-0.15, -0.1) is 0 Å². The number of benzene rings is 2. The molecule has 2 aromatic carbocycles. The van der Waals surface area contributed by atoms with Crippen LogP contribution in [0.15, 0.2) is 77.3 Å². The Morgan fingerprint density at radius 1 is 1.00 bits per heavy atom. The summed E-state index contributed by atoms with van der Waals surface area (Å²) in [4.78, 5) is 22.0. The van der Waals surface area contributed by atoms with Gasteiger partial charge in [0.05, 0.1) is 7.11 Å². The van der Waals surface area contributed by atoms with Gasteiger partial charge in [-0.2, -0.15) is 0 Å². The number of carbonyl (C=O) groups excluding carboxylic acids is 1. The first-order valence-electron chi connectivity index (χ1n) is 10.4. The number of ether oxygens (including phenoxy) is 2. The number of amides is 1. The fraction of sp³-hybridized carbons (Fsp3) is 0.160. The van der Waals surface area contributed by atoms with Crippen LogP contribution < -0.4 is 14.8 Å². The maximum atomic E-state index is 13.2. The molecule has 32 heavy (non-hydrogen) atoms. The number of oxazole rings is 1. The molecule has 4 aromatic rings. The Labute approximate surface area is 185 Å². The molecule has 0 unspecified atom stereocenters. The van der Waals surface area contributed by atoms with Gasteiger partial charge in [0.15, 0.2) is 5.69 Å². The fourth-order valence-corrected chi connectivity index (χ4v) is 3.33. The van der Waals surface area contributed by atoms with Crippen molar-refractivity contribution in [2.45, 2.75) is 18.8 Å². The van der Waals surface area contributed by atoms with E-state index in [1.54, 1.807) is 49.7 Å². The molecule has 160 valence electrons. The summed E-state index contributed by atoms with van der Waals surface area (Å²) in [5.41, 5.74) is 1.57. The Morgan fingerprint density at radius 2 is 1.75 bits per heavy atom. The maximum absolute atomic E-state index is 13.2. The van der Waals surface area contributed by atoms with Crippen molar-refractivity contribution in [3.05, 3.63) is 84.4 Å². The zero-order valence-corrected chi connectivity index (χ0v) is 17.4. The predicted molar refractivity (Wildman–Crippen MR) is 119 cm³/mol. The molecule has 1 fully saturated rings. The van der Waals surface area contributed by atoms with Gasteiger partial charge in [-0.3, -0.25) is 4.79 Å². The van der Waals surface area contributed by atoms with Gasteiger partial charge in [-0.25, -0.2) is 9.97 Å². The number of rotatable bonds is 7. The molecule has 7 nitrogen and oxygen atoms in total. The highest BCUT2D eigenvalue weighted by molar-refractivity contribution is 6.04. The average Bonchev–Trinajstić information content (AvgIpc) is 3.59. The van der Waals surface area contributed by atoms with Gasteiger partial charge in [0.25, 0.3) is 5.91 Å². The molecule has 1 amide bonds. The molecule has 1 N–H and O–H groups in total. The van der Waals surface area contributed by atoms with Crippen LogP contribution in [-0.4, -0.2) is 23.0 Å². The van der Waals surface area contributed by atoms with Crippen molar-refractivity contribution >= 4 is 11.6 Å². The molecule has 0 spiro atoms. The first-order chi connectivity index (χ1) is 15.7. The van der Waals surface area contributed by atoms with E-state index in [1.165, 1.54) is 0 Å². The van der Waals surface area contributed by atoms with E-state index >= 15 is 0 Å². The minimum absolute atomic E-state index is 0.227. The van der Waals surface area contributed by atoms with Gasteiger partial charge >= 0.3 is 0 Å². The Kier molecular flexibility index (Phi) is 5.29. The van der Waals surface area contributed by atoms with Crippen molar-refractivity contribution in [3.63, 3.8) is 0 Å². The number of nitrogens with one attached hydrogen (secondary N) is 1. The number of hydrogen-bond acceptors (Lipinski definition) is 6. The molecule has 0 bridgehead atoms. The number of methoxy groups -OCH3 is 1. The SMILES string of the molecule is COc1ccc(Oc2ncccc2NC(=O)c2nc(-c3ccccc3)oc2C2CC2)cc1. The van der Waals surface area contributed by atoms with Crippen LogP contribution in [0.3, 0.4) is 0 Å². The summed E-state index contributed by atoms with van der Waals surface area (Å²) in [7, 11) is 1.60. The Morgan fingerprint density at radius 3 is 2.47 bits per heavy atom. The van der Waals surface area contributed by atoms with E-state index in [1.807, 2.05) is 30.3 Å². The van der Waals surface area contributed by atoms with Crippen molar-refractivity contribution in [1.29, 1.82) is 0 Å². The third-order valence-electron chi connectivity index (χ3n) is 5.13. The highest BCUT2D eigenvalue weighted by Gasteiger charge is 2.34. The van der Waals surface area contributed by atoms with Crippen LogP contribution in [0.1, 0.15) is 35.0 Å². The number of aromatic nitrogens is 2. The molecule has 0 radical (unpaired) electrons. The molecule has 5 rings (SSSR count). The zero-order valence-electron chi connectivity index (χ0n) is 17.4. The molecule has 1 aliphatic rings. The minimum atomic E-state index is -0.356. The van der Waals surface area contributed by atoms with Gasteiger partial charge < -0.3 is 19.2 Å². The van der Waals surface area contributed by atoms with Gasteiger partial charge in [0, 0.05) is 17.7 Å². The lowest BCUT2D eigenvalue weighted by atomic mass is 10.2. The molecule has 2 aromatic heterocycles. The number of carbonyl (C=O) groups is 1. The normalized spacial score (nSPS) is 12.9. The predicted octanol–water partition coefficient (Wildman–Crippen LogP) is 5.67. The summed E-state index contributed by atoms with van der Waals surface area (Å²) in [6, 6.07) is 20.2. The fourth-order valence-electron chi connectivity index (χ4n) is 3.33. The summed E-state index contributed by atoms with van der Waals surface area (Å²) in [6.45, 7) is 0. The minimum Gasteiger partial charge on any atom is -0.497 e. The third kappa shape index (κ3) is 4.18. The van der Waals surface area contributed by atoms with E-state index in [0.717, 1.165) is 24.2 Å². The summed E-state index contributed by atoms with van der Waals surface area (Å²) in [6.07, 6.45) is 3.58. The van der Waals surface area contributed by atoms with Crippen LogP contribution in [0.4, 0.5) is 5.69 Å². The zero-order chi connectivity index (χ0) is 21.9. The number of pyridine rings is 1. The molecule has 0 saturated heterocycles. The van der Waals surface area contributed by atoms with Crippen LogP contribution in [0, 0.1) is 0 Å². The molecule has 2 heterocycles. The largest absolute Gasteiger partial charge is 0.497 e. The first kappa shape index (κ1) is 19.8. The van der Waals surface area contributed by atoms with Gasteiger partial charge in [0.1, 0.15) is 22.9 Å². The Hall–Kier alpha value is -4.13. The van der Waals surface area contributed by atoms with Crippen LogP contribution >= 0.6 is 0 Å². The van der Waals surface area contributed by atoms with Crippen molar-refractivity contribution < 1.29 is 18.7 Å². The molecular formula is C25H21N3O4. The van der Waals surface area contributed by atoms with Crippen LogP contribution in [0.2, 0.25) is 0 Å². The lowest BCUT2D eigenvalue weighted by molar-refractivity contribution is 0.102. The maximum Gasteiger partial charge on any atom is 0.278 e. The highest BCUT2D eigenvalue weighted by atomic mass is 16.5. The molecule has 0 atom stereocenters. The topological polar surface area (TPSA) is 86.5 Å². The molecular weight excluding hydrogens is 406 g/mol. The highest BCUT2D eigenvalue weighted by Crippen LogP contribution is 2.43. The van der Waals surface area contributed by atoms with Crippen LogP contribution in [0.25, 0.3) is 11.5 Å². The second kappa shape index (κ2) is 8.55. The van der Waals surface area contributed by atoms with E-state index < -0.39 is 0 Å². The van der Waals surface area contributed by atoms with E-state index in [0.29, 0.717) is 28.8 Å². The third-order valence-corrected chi connectivity index (χ3v) is 5.13.